The molecule has 0 aliphatic carbocycles. The maximum absolute atomic E-state index is 12.9. The van der Waals surface area contributed by atoms with E-state index in [9.17, 15) is 31.2 Å². The van der Waals surface area contributed by atoms with Gasteiger partial charge in [0.15, 0.2) is 5.41 Å². The summed E-state index contributed by atoms with van der Waals surface area (Å²) in [6.45, 7) is 3.21. The van der Waals surface area contributed by atoms with Gasteiger partial charge in [0.1, 0.15) is 5.75 Å². The van der Waals surface area contributed by atoms with Crippen LogP contribution in [0.15, 0.2) is 41.3 Å². The van der Waals surface area contributed by atoms with Gasteiger partial charge in [-0.3, -0.25) is 9.59 Å². The fraction of sp³-hybridized carbons (Fsp3) is 0.273. The molecular formula is C22H19F3N2O6S. The van der Waals surface area contributed by atoms with Crippen LogP contribution in [0.4, 0.5) is 18.9 Å². The highest BCUT2D eigenvalue weighted by Crippen LogP contribution is 2.43. The van der Waals surface area contributed by atoms with Gasteiger partial charge >= 0.3 is 11.5 Å². The van der Waals surface area contributed by atoms with Crippen LogP contribution in [0.25, 0.3) is 22.2 Å². The molecule has 0 spiro atoms. The van der Waals surface area contributed by atoms with Gasteiger partial charge < -0.3 is 19.8 Å². The zero-order valence-electron chi connectivity index (χ0n) is 18.2. The number of H-pyrrole nitrogens is 1. The highest BCUT2D eigenvalue weighted by molar-refractivity contribution is 7.92. The Bertz CT molecular complexity index is 1440. The van der Waals surface area contributed by atoms with Gasteiger partial charge in [0.2, 0.25) is 5.91 Å². The number of fused-ring (bicyclic) bond motifs is 2. The Hall–Kier alpha value is -3.54. The summed E-state index contributed by atoms with van der Waals surface area (Å²) < 4.78 is 72.5. The first-order valence-corrected chi connectivity index (χ1v) is 11.5. The predicted octanol–water partition coefficient (Wildman–Crippen LogP) is 3.91. The molecule has 0 saturated heterocycles. The smallest absolute Gasteiger partial charge is 0.496 e. The molecule has 34 heavy (non-hydrogen) atoms. The van der Waals surface area contributed by atoms with Crippen LogP contribution in [-0.2, 0) is 29.6 Å². The Kier molecular flexibility index (Phi) is 5.39. The van der Waals surface area contributed by atoms with Crippen LogP contribution in [-0.4, -0.2) is 44.5 Å². The molecule has 0 saturated carbocycles. The summed E-state index contributed by atoms with van der Waals surface area (Å²) in [5.74, 6) is -1.30. The molecule has 1 aliphatic rings. The average molecular weight is 496 g/mol. The number of hydrogen-bond acceptors (Lipinski definition) is 6. The number of amides is 1. The summed E-state index contributed by atoms with van der Waals surface area (Å²) in [5, 5.41) is 3.28. The number of aromatic nitrogens is 1. The molecule has 2 heterocycles. The number of anilines is 1. The van der Waals surface area contributed by atoms with E-state index in [-0.39, 0.29) is 12.4 Å². The number of hydrogen-bond donors (Lipinski definition) is 2. The average Bonchev–Trinajstić information content (AvgIpc) is 3.29. The van der Waals surface area contributed by atoms with E-state index in [1.165, 1.54) is 20.1 Å². The van der Waals surface area contributed by atoms with Crippen molar-refractivity contribution in [3.63, 3.8) is 0 Å². The Balaban J connectivity index is 1.81. The zero-order valence-corrected chi connectivity index (χ0v) is 19.0. The number of nitrogens with one attached hydrogen (secondary N) is 2. The van der Waals surface area contributed by atoms with Crippen LogP contribution in [0.2, 0.25) is 0 Å². The number of rotatable bonds is 5. The van der Waals surface area contributed by atoms with E-state index in [4.69, 9.17) is 9.47 Å². The van der Waals surface area contributed by atoms with Crippen LogP contribution < -0.4 is 10.1 Å². The van der Waals surface area contributed by atoms with E-state index in [1.807, 2.05) is 0 Å². The van der Waals surface area contributed by atoms with Gasteiger partial charge in [-0.2, -0.15) is 13.2 Å². The number of methoxy groups -OCH3 is 1. The molecule has 1 unspecified atom stereocenters. The standard InChI is InChI=1S/C22H19F3N2O6S/c1-4-33-20(29)21(2)14-7-11-8-16(26-15(11)10-17(14)27-19(21)28)13-6-5-12(9-18(13)32-3)34(30,31)22(23,24)25/h5-10,26H,4H2,1-3H3,(H,27,28). The van der Waals surface area contributed by atoms with Crippen molar-refractivity contribution in [3.05, 3.63) is 42.0 Å². The van der Waals surface area contributed by atoms with Crippen molar-refractivity contribution in [2.45, 2.75) is 29.7 Å². The number of carbonyl (C=O) groups excluding carboxylic acids is 2. The highest BCUT2D eigenvalue weighted by Gasteiger charge is 2.50. The van der Waals surface area contributed by atoms with E-state index >= 15 is 0 Å². The molecule has 4 rings (SSSR count). The van der Waals surface area contributed by atoms with Crippen molar-refractivity contribution in [2.75, 3.05) is 19.0 Å². The van der Waals surface area contributed by atoms with Crippen molar-refractivity contribution in [1.29, 1.82) is 0 Å². The first kappa shape index (κ1) is 23.6. The molecule has 2 aromatic carbocycles. The normalized spacial score (nSPS) is 18.0. The second kappa shape index (κ2) is 7.76. The summed E-state index contributed by atoms with van der Waals surface area (Å²) in [6.07, 6.45) is 0. The van der Waals surface area contributed by atoms with Gasteiger partial charge in [0, 0.05) is 27.7 Å². The van der Waals surface area contributed by atoms with Crippen LogP contribution in [0.5, 0.6) is 5.75 Å². The first-order valence-electron chi connectivity index (χ1n) is 10.00. The van der Waals surface area contributed by atoms with Gasteiger partial charge in [-0.15, -0.1) is 0 Å². The van der Waals surface area contributed by atoms with Crippen molar-refractivity contribution >= 4 is 38.3 Å². The van der Waals surface area contributed by atoms with Crippen LogP contribution in [0, 0.1) is 0 Å². The number of esters is 1. The molecule has 0 fully saturated rings. The Labute approximate surface area is 192 Å². The van der Waals surface area contributed by atoms with Crippen LogP contribution in [0.3, 0.4) is 0 Å². The fourth-order valence-corrected chi connectivity index (χ4v) is 4.66. The second-order valence-electron chi connectivity index (χ2n) is 7.78. The SMILES string of the molecule is CCOC(=O)C1(C)C(=O)Nc2cc3[nH]c(-c4ccc(S(=O)(=O)C(F)(F)F)cc4OC)cc3cc21. The molecule has 1 amide bonds. The largest absolute Gasteiger partial charge is 0.501 e. The van der Waals surface area contributed by atoms with Crippen molar-refractivity contribution in [2.24, 2.45) is 0 Å². The Morgan fingerprint density at radius 2 is 1.85 bits per heavy atom. The van der Waals surface area contributed by atoms with Crippen molar-refractivity contribution in [1.82, 2.24) is 4.98 Å². The van der Waals surface area contributed by atoms with E-state index in [0.717, 1.165) is 12.1 Å². The monoisotopic (exact) mass is 496 g/mol. The highest BCUT2D eigenvalue weighted by atomic mass is 32.2. The lowest BCUT2D eigenvalue weighted by Crippen LogP contribution is -2.40. The third kappa shape index (κ3) is 3.40. The number of halogens is 3. The van der Waals surface area contributed by atoms with Gasteiger partial charge in [-0.05, 0) is 50.2 Å². The Morgan fingerprint density at radius 3 is 2.47 bits per heavy atom. The third-order valence-corrected chi connectivity index (χ3v) is 7.25. The molecule has 0 bridgehead atoms. The summed E-state index contributed by atoms with van der Waals surface area (Å²) in [7, 11) is -4.34. The topological polar surface area (TPSA) is 115 Å². The fourth-order valence-electron chi connectivity index (χ4n) is 3.89. The number of benzene rings is 2. The number of carbonyl (C=O) groups is 2. The Morgan fingerprint density at radius 1 is 1.15 bits per heavy atom. The maximum atomic E-state index is 12.9. The van der Waals surface area contributed by atoms with Gasteiger partial charge in [0.25, 0.3) is 9.84 Å². The molecule has 1 aliphatic heterocycles. The first-order chi connectivity index (χ1) is 15.8. The lowest BCUT2D eigenvalue weighted by molar-refractivity contribution is -0.152. The van der Waals surface area contributed by atoms with E-state index < -0.39 is 37.5 Å². The quantitative estimate of drug-likeness (QED) is 0.409. The van der Waals surface area contributed by atoms with E-state index in [1.54, 1.807) is 25.1 Å². The number of aromatic amines is 1. The maximum Gasteiger partial charge on any atom is 0.501 e. The van der Waals surface area contributed by atoms with Gasteiger partial charge in [-0.25, -0.2) is 8.42 Å². The van der Waals surface area contributed by atoms with Gasteiger partial charge in [-0.1, -0.05) is 0 Å². The van der Waals surface area contributed by atoms with Crippen LogP contribution in [0.1, 0.15) is 19.4 Å². The van der Waals surface area contributed by atoms with Crippen LogP contribution >= 0.6 is 0 Å². The summed E-state index contributed by atoms with van der Waals surface area (Å²) in [6, 6.07) is 7.80. The molecule has 3 aromatic rings. The predicted molar refractivity (Wildman–Crippen MR) is 116 cm³/mol. The summed E-state index contributed by atoms with van der Waals surface area (Å²) >= 11 is 0. The molecular weight excluding hydrogens is 477 g/mol. The number of ether oxygens (including phenoxy) is 2. The van der Waals surface area contributed by atoms with E-state index in [0.29, 0.717) is 33.4 Å². The molecule has 180 valence electrons. The minimum atomic E-state index is -5.54. The molecule has 12 heteroatoms. The number of alkyl halides is 3. The zero-order chi connectivity index (χ0) is 25.1. The second-order valence-corrected chi connectivity index (χ2v) is 9.72. The number of sulfone groups is 1. The summed E-state index contributed by atoms with van der Waals surface area (Å²) in [5.41, 5.74) is -4.84. The molecule has 1 atom stereocenters. The van der Waals surface area contributed by atoms with Crippen molar-refractivity contribution in [3.8, 4) is 17.0 Å². The van der Waals surface area contributed by atoms with E-state index in [2.05, 4.69) is 10.3 Å². The minimum absolute atomic E-state index is 0.0888. The third-order valence-electron chi connectivity index (χ3n) is 5.76. The molecule has 2 N–H and O–H groups in total. The minimum Gasteiger partial charge on any atom is -0.496 e. The van der Waals surface area contributed by atoms with Crippen molar-refractivity contribution < 1.29 is 40.7 Å². The molecule has 0 radical (unpaired) electrons. The molecule has 1 aromatic heterocycles. The van der Waals surface area contributed by atoms with Gasteiger partial charge in [0.05, 0.1) is 24.3 Å². The lowest BCUT2D eigenvalue weighted by Gasteiger charge is -2.19. The molecule has 8 nitrogen and oxygen atoms in total. The lowest BCUT2D eigenvalue weighted by atomic mass is 9.83. The summed E-state index contributed by atoms with van der Waals surface area (Å²) in [4.78, 5) is 27.2.